The number of nitrogens with one attached hydrogen (secondary N) is 2. The molecular weight excluding hydrogens is 668 g/mol. The number of carboxylic acids is 1. The van der Waals surface area contributed by atoms with Crippen molar-refractivity contribution in [1.82, 2.24) is 25.2 Å². The van der Waals surface area contributed by atoms with Crippen LogP contribution in [0.1, 0.15) is 45.5 Å². The number of benzene rings is 2. The highest BCUT2D eigenvalue weighted by Crippen LogP contribution is 2.28. The predicted octanol–water partition coefficient (Wildman–Crippen LogP) is 4.23. The maximum absolute atomic E-state index is 13.2. The number of nitrogens with zero attached hydrogens (tertiary/aromatic N) is 5. The number of piperazine rings is 1. The van der Waals surface area contributed by atoms with Gasteiger partial charge in [-0.2, -0.15) is 0 Å². The zero-order valence-corrected chi connectivity index (χ0v) is 28.7. The number of carbonyl (C=O) groups excluding carboxylic acids is 1. The number of hydrogen-bond acceptors (Lipinski definition) is 9. The Morgan fingerprint density at radius 3 is 2.33 bits per heavy atom. The molecule has 8 rings (SSSR count). The van der Waals surface area contributed by atoms with Gasteiger partial charge in [0.15, 0.2) is 5.43 Å². The fourth-order valence-electron chi connectivity index (χ4n) is 6.92. The van der Waals surface area contributed by atoms with Crippen LogP contribution in [-0.2, 0) is 6.54 Å². The van der Waals surface area contributed by atoms with Gasteiger partial charge >= 0.3 is 5.97 Å². The minimum Gasteiger partial charge on any atom is -0.478 e. The van der Waals surface area contributed by atoms with Crippen LogP contribution in [0.5, 0.6) is 0 Å². The Kier molecular flexibility index (Phi) is 9.98. The summed E-state index contributed by atoms with van der Waals surface area (Å²) in [4.78, 5) is 49.8. The van der Waals surface area contributed by atoms with E-state index in [-0.39, 0.29) is 29.5 Å². The highest BCUT2D eigenvalue weighted by Gasteiger charge is 2.38. The van der Waals surface area contributed by atoms with Gasteiger partial charge in [0.2, 0.25) is 0 Å². The molecule has 13 heteroatoms. The Labute approximate surface area is 299 Å². The molecule has 1 amide bonds. The van der Waals surface area contributed by atoms with Gasteiger partial charge in [-0.25, -0.2) is 14.8 Å². The van der Waals surface area contributed by atoms with Crippen molar-refractivity contribution in [3.05, 3.63) is 123 Å². The van der Waals surface area contributed by atoms with Crippen LogP contribution < -0.4 is 31.6 Å². The van der Waals surface area contributed by atoms with Gasteiger partial charge in [-0.15, -0.1) is 0 Å². The highest BCUT2D eigenvalue weighted by atomic mass is 35.5. The lowest BCUT2D eigenvalue weighted by atomic mass is 10.1. The summed E-state index contributed by atoms with van der Waals surface area (Å²) in [5.41, 5.74) is 8.48. The smallest absolute Gasteiger partial charge is 0.337 e. The first-order valence-corrected chi connectivity index (χ1v) is 17.4. The molecule has 0 spiro atoms. The Morgan fingerprint density at radius 1 is 0.961 bits per heavy atom. The molecule has 6 heterocycles. The van der Waals surface area contributed by atoms with Gasteiger partial charge in [-0.1, -0.05) is 29.8 Å². The molecule has 3 aliphatic heterocycles. The third-order valence-corrected chi connectivity index (χ3v) is 9.97. The Balaban J connectivity index is 0.000000213. The van der Waals surface area contributed by atoms with Crippen LogP contribution in [0.15, 0.2) is 96.2 Å². The average Bonchev–Trinajstić information content (AvgIpc) is 3.80. The zero-order valence-electron chi connectivity index (χ0n) is 27.9. The van der Waals surface area contributed by atoms with E-state index in [0.717, 1.165) is 68.3 Å². The van der Waals surface area contributed by atoms with E-state index < -0.39 is 5.97 Å². The van der Waals surface area contributed by atoms with Gasteiger partial charge in [-0.05, 0) is 73.9 Å². The number of fused-ring (bicyclic) bond motifs is 3. The molecule has 5 aromatic rings. The van der Waals surface area contributed by atoms with Crippen LogP contribution in [0, 0.1) is 0 Å². The fraction of sp³-hybridized carbons (Fsp3) is 0.289. The fourth-order valence-corrected chi connectivity index (χ4v) is 7.09. The Bertz CT molecular complexity index is 2080. The molecule has 3 fully saturated rings. The van der Waals surface area contributed by atoms with Crippen molar-refractivity contribution in [2.24, 2.45) is 5.73 Å². The third-order valence-electron chi connectivity index (χ3n) is 9.73. The summed E-state index contributed by atoms with van der Waals surface area (Å²) in [5, 5.41) is 16.2. The molecule has 3 saturated heterocycles. The summed E-state index contributed by atoms with van der Waals surface area (Å²) in [6, 6.07) is 23.3. The molecule has 51 heavy (non-hydrogen) atoms. The number of carboxylic acid groups (broad SMARTS) is 1. The van der Waals surface area contributed by atoms with Crippen LogP contribution in [-0.4, -0.2) is 75.8 Å². The molecule has 0 unspecified atom stereocenters. The number of halogens is 1. The average molecular weight is 707 g/mol. The van der Waals surface area contributed by atoms with E-state index in [1.807, 2.05) is 41.0 Å². The number of rotatable bonds is 7. The summed E-state index contributed by atoms with van der Waals surface area (Å²) in [7, 11) is 0. The van der Waals surface area contributed by atoms with Gasteiger partial charge in [0, 0.05) is 91.1 Å². The van der Waals surface area contributed by atoms with Gasteiger partial charge in [-0.3, -0.25) is 9.59 Å². The summed E-state index contributed by atoms with van der Waals surface area (Å²) in [6.07, 6.45) is 7.84. The first kappa shape index (κ1) is 34.2. The van der Waals surface area contributed by atoms with Gasteiger partial charge < -0.3 is 35.8 Å². The minimum atomic E-state index is -0.945. The largest absolute Gasteiger partial charge is 0.478 e. The molecule has 12 nitrogen and oxygen atoms in total. The standard InChI is InChI=1S/C27H24ClN5O2.C11H15N3O2/c28-19-7-8-23-24(10-19)32(21-4-2-1-3-5-21)15-18(26(23)34)13-31-27(35)17-6-9-25(30-12-17)33-16-20-11-22(33)14-29-20;12-9-3-5-14(6-4-9)10-2-1-8(7-13-10)11(15)16/h1-10,12,15,20,22,29H,11,13-14,16H2,(H,31,35);1-2,7,9H,3-6,12H2,(H,15,16)/t20-,22-;/m0./s1. The highest BCUT2D eigenvalue weighted by molar-refractivity contribution is 6.31. The lowest BCUT2D eigenvalue weighted by molar-refractivity contribution is 0.0696. The van der Waals surface area contributed by atoms with Crippen molar-refractivity contribution in [1.29, 1.82) is 0 Å². The number of aromatic carboxylic acids is 1. The van der Waals surface area contributed by atoms with Crippen molar-refractivity contribution in [3.8, 4) is 5.69 Å². The van der Waals surface area contributed by atoms with Crippen LogP contribution >= 0.6 is 11.6 Å². The molecule has 262 valence electrons. The van der Waals surface area contributed by atoms with Crippen molar-refractivity contribution in [2.75, 3.05) is 36.0 Å². The number of piperidine rings is 1. The summed E-state index contributed by atoms with van der Waals surface area (Å²) in [6.45, 7) is 3.81. The summed E-state index contributed by atoms with van der Waals surface area (Å²) >= 11 is 6.23. The topological polar surface area (TPSA) is 159 Å². The van der Waals surface area contributed by atoms with Crippen molar-refractivity contribution in [3.63, 3.8) is 0 Å². The molecule has 2 aromatic carbocycles. The second-order valence-corrected chi connectivity index (χ2v) is 13.6. The van der Waals surface area contributed by atoms with Crippen LogP contribution in [0.3, 0.4) is 0 Å². The van der Waals surface area contributed by atoms with E-state index in [0.29, 0.717) is 33.6 Å². The molecule has 0 radical (unpaired) electrons. The normalized spacial score (nSPS) is 18.4. The Hall–Kier alpha value is -5.30. The van der Waals surface area contributed by atoms with E-state index in [1.54, 1.807) is 48.8 Å². The van der Waals surface area contributed by atoms with Crippen molar-refractivity contribution >= 4 is 46.0 Å². The predicted molar refractivity (Wildman–Crippen MR) is 198 cm³/mol. The van der Waals surface area contributed by atoms with E-state index >= 15 is 0 Å². The van der Waals surface area contributed by atoms with E-state index in [4.69, 9.17) is 22.4 Å². The number of pyridine rings is 3. The van der Waals surface area contributed by atoms with Crippen LogP contribution in [0.4, 0.5) is 11.6 Å². The van der Waals surface area contributed by atoms with Crippen molar-refractivity contribution in [2.45, 2.75) is 43.9 Å². The maximum atomic E-state index is 13.2. The third kappa shape index (κ3) is 7.58. The molecule has 0 aliphatic carbocycles. The molecule has 3 aromatic heterocycles. The zero-order chi connectivity index (χ0) is 35.5. The molecule has 0 saturated carbocycles. The second kappa shape index (κ2) is 14.9. The number of anilines is 2. The lowest BCUT2D eigenvalue weighted by Crippen LogP contribution is -2.44. The number of carbonyl (C=O) groups is 2. The molecular formula is C38H39ClN8O4. The number of nitrogens with two attached hydrogens (primary N) is 1. The molecule has 2 atom stereocenters. The summed E-state index contributed by atoms with van der Waals surface area (Å²) < 4.78 is 1.93. The Morgan fingerprint density at radius 2 is 1.69 bits per heavy atom. The summed E-state index contributed by atoms with van der Waals surface area (Å²) in [5.74, 6) is 0.515. The van der Waals surface area contributed by atoms with Gasteiger partial charge in [0.1, 0.15) is 11.6 Å². The van der Waals surface area contributed by atoms with E-state index in [9.17, 15) is 14.4 Å². The number of amides is 1. The maximum Gasteiger partial charge on any atom is 0.337 e. The second-order valence-electron chi connectivity index (χ2n) is 13.1. The quantitative estimate of drug-likeness (QED) is 0.193. The first-order valence-electron chi connectivity index (χ1n) is 17.1. The van der Waals surface area contributed by atoms with Gasteiger partial charge in [0.05, 0.1) is 16.6 Å². The first-order chi connectivity index (χ1) is 24.7. The number of aromatic nitrogens is 3. The van der Waals surface area contributed by atoms with Gasteiger partial charge in [0.25, 0.3) is 5.91 Å². The van der Waals surface area contributed by atoms with Crippen LogP contribution in [0.2, 0.25) is 5.02 Å². The molecule has 2 bridgehead atoms. The van der Waals surface area contributed by atoms with Crippen molar-refractivity contribution < 1.29 is 14.7 Å². The van der Waals surface area contributed by atoms with E-state index in [2.05, 4.69) is 30.4 Å². The lowest BCUT2D eigenvalue weighted by Gasteiger charge is -2.30. The number of para-hydroxylation sites is 1. The SMILES string of the molecule is NC1CCN(c2ccc(C(=O)O)cn2)CC1.O=C(NCc1cn(-c2ccccc2)c2cc(Cl)ccc2c1=O)c1ccc(N2C[C@@H]3C[C@H]2CN3)nc1. The molecule has 3 aliphatic rings. The monoisotopic (exact) mass is 706 g/mol. The van der Waals surface area contributed by atoms with Crippen LogP contribution in [0.25, 0.3) is 16.6 Å². The molecule has 5 N–H and O–H groups in total. The van der Waals surface area contributed by atoms with E-state index in [1.165, 1.54) is 6.20 Å². The number of hydrogen-bond donors (Lipinski definition) is 4. The minimum absolute atomic E-state index is 0.104.